The van der Waals surface area contributed by atoms with Gasteiger partial charge >= 0.3 is 0 Å². The molecule has 0 aliphatic rings. The summed E-state index contributed by atoms with van der Waals surface area (Å²) < 4.78 is 14.3. The van der Waals surface area contributed by atoms with E-state index in [1.165, 1.54) is 6.07 Å². The molecule has 0 bridgehead atoms. The van der Waals surface area contributed by atoms with Crippen LogP contribution in [0.3, 0.4) is 0 Å². The summed E-state index contributed by atoms with van der Waals surface area (Å²) in [5, 5.41) is 4.09. The van der Waals surface area contributed by atoms with Gasteiger partial charge in [0.1, 0.15) is 5.82 Å². The van der Waals surface area contributed by atoms with Gasteiger partial charge in [-0.05, 0) is 54.8 Å². The van der Waals surface area contributed by atoms with Crippen LogP contribution in [0.15, 0.2) is 41.1 Å². The van der Waals surface area contributed by atoms with Crippen LogP contribution in [0.1, 0.15) is 30.5 Å². The van der Waals surface area contributed by atoms with Crippen LogP contribution < -0.4 is 5.32 Å². The van der Waals surface area contributed by atoms with Gasteiger partial charge in [0.15, 0.2) is 0 Å². The van der Waals surface area contributed by atoms with Crippen molar-refractivity contribution in [3.8, 4) is 0 Å². The van der Waals surface area contributed by atoms with Gasteiger partial charge in [0.25, 0.3) is 0 Å². The Morgan fingerprint density at radius 2 is 2.19 bits per heavy atom. The fourth-order valence-electron chi connectivity index (χ4n) is 2.24. The van der Waals surface area contributed by atoms with Crippen molar-refractivity contribution in [1.82, 2.24) is 10.3 Å². The Kier molecular flexibility index (Phi) is 6.15. The lowest BCUT2D eigenvalue weighted by molar-refractivity contribution is 0.526. The van der Waals surface area contributed by atoms with Crippen LogP contribution in [0.2, 0.25) is 5.02 Å². The van der Waals surface area contributed by atoms with Crippen molar-refractivity contribution in [2.24, 2.45) is 0 Å². The molecule has 1 atom stereocenters. The number of hydrogen-bond donors (Lipinski definition) is 1. The summed E-state index contributed by atoms with van der Waals surface area (Å²) >= 11 is 9.57. The minimum atomic E-state index is -0.241. The SMILES string of the molecule is CCCNC(Cc1cc(F)cc(Br)c1)c1ccncc1Cl. The van der Waals surface area contributed by atoms with E-state index in [-0.39, 0.29) is 11.9 Å². The molecular formula is C16H17BrClFN2. The number of aromatic nitrogens is 1. The molecule has 0 saturated heterocycles. The molecule has 1 N–H and O–H groups in total. The van der Waals surface area contributed by atoms with E-state index in [1.807, 2.05) is 12.1 Å². The number of nitrogens with zero attached hydrogens (tertiary/aromatic N) is 1. The molecule has 1 heterocycles. The minimum absolute atomic E-state index is 0.0362. The summed E-state index contributed by atoms with van der Waals surface area (Å²) in [5.41, 5.74) is 1.91. The van der Waals surface area contributed by atoms with Gasteiger partial charge in [0.05, 0.1) is 5.02 Å². The number of hydrogen-bond acceptors (Lipinski definition) is 2. The van der Waals surface area contributed by atoms with Gasteiger partial charge in [-0.2, -0.15) is 0 Å². The third kappa shape index (κ3) is 4.77. The van der Waals surface area contributed by atoms with Gasteiger partial charge in [-0.15, -0.1) is 0 Å². The molecule has 1 aromatic heterocycles. The highest BCUT2D eigenvalue weighted by molar-refractivity contribution is 9.10. The predicted octanol–water partition coefficient (Wildman–Crippen LogP) is 4.92. The largest absolute Gasteiger partial charge is 0.310 e. The topological polar surface area (TPSA) is 24.9 Å². The van der Waals surface area contributed by atoms with Crippen LogP contribution in [-0.4, -0.2) is 11.5 Å². The molecule has 0 spiro atoms. The molecule has 1 aromatic carbocycles. The maximum Gasteiger partial charge on any atom is 0.124 e. The van der Waals surface area contributed by atoms with Crippen molar-refractivity contribution >= 4 is 27.5 Å². The maximum absolute atomic E-state index is 13.5. The highest BCUT2D eigenvalue weighted by Gasteiger charge is 2.15. The molecule has 0 fully saturated rings. The van der Waals surface area contributed by atoms with Crippen molar-refractivity contribution in [3.05, 3.63) is 63.1 Å². The minimum Gasteiger partial charge on any atom is -0.310 e. The van der Waals surface area contributed by atoms with Crippen LogP contribution in [0.5, 0.6) is 0 Å². The van der Waals surface area contributed by atoms with Crippen molar-refractivity contribution < 1.29 is 4.39 Å². The summed E-state index contributed by atoms with van der Waals surface area (Å²) in [6.45, 7) is 2.98. The highest BCUT2D eigenvalue weighted by atomic mass is 79.9. The quantitative estimate of drug-likeness (QED) is 0.779. The monoisotopic (exact) mass is 370 g/mol. The van der Waals surface area contributed by atoms with Crippen LogP contribution in [0.25, 0.3) is 0 Å². The lowest BCUT2D eigenvalue weighted by atomic mass is 9.99. The second kappa shape index (κ2) is 7.87. The van der Waals surface area contributed by atoms with E-state index in [0.717, 1.165) is 28.6 Å². The fourth-order valence-corrected chi connectivity index (χ4v) is 3.01. The summed E-state index contributed by atoms with van der Waals surface area (Å²) in [6, 6.07) is 6.88. The first-order valence-corrected chi connectivity index (χ1v) is 8.05. The van der Waals surface area contributed by atoms with Crippen LogP contribution in [-0.2, 0) is 6.42 Å². The van der Waals surface area contributed by atoms with E-state index in [4.69, 9.17) is 11.6 Å². The van der Waals surface area contributed by atoms with Crippen molar-refractivity contribution in [2.75, 3.05) is 6.54 Å². The van der Waals surface area contributed by atoms with Crippen molar-refractivity contribution in [2.45, 2.75) is 25.8 Å². The summed E-state index contributed by atoms with van der Waals surface area (Å²) in [7, 11) is 0. The summed E-state index contributed by atoms with van der Waals surface area (Å²) in [5.74, 6) is -0.241. The molecule has 0 aliphatic carbocycles. The lowest BCUT2D eigenvalue weighted by Gasteiger charge is -2.20. The molecule has 1 unspecified atom stereocenters. The Hall–Kier alpha value is -0.970. The Balaban J connectivity index is 2.26. The number of nitrogens with one attached hydrogen (secondary N) is 1. The van der Waals surface area contributed by atoms with E-state index >= 15 is 0 Å². The van der Waals surface area contributed by atoms with Crippen molar-refractivity contribution in [3.63, 3.8) is 0 Å². The zero-order valence-electron chi connectivity index (χ0n) is 11.7. The highest BCUT2D eigenvalue weighted by Crippen LogP contribution is 2.26. The zero-order valence-corrected chi connectivity index (χ0v) is 14.1. The first kappa shape index (κ1) is 16.4. The van der Waals surface area contributed by atoms with Gasteiger partial charge < -0.3 is 5.32 Å². The van der Waals surface area contributed by atoms with E-state index in [9.17, 15) is 4.39 Å². The number of benzene rings is 1. The van der Waals surface area contributed by atoms with E-state index < -0.39 is 0 Å². The molecule has 0 saturated carbocycles. The van der Waals surface area contributed by atoms with Gasteiger partial charge in [0, 0.05) is 22.9 Å². The molecule has 0 aliphatic heterocycles. The third-order valence-corrected chi connectivity index (χ3v) is 3.96. The number of pyridine rings is 1. The smallest absolute Gasteiger partial charge is 0.124 e. The van der Waals surface area contributed by atoms with Gasteiger partial charge in [-0.25, -0.2) is 4.39 Å². The predicted molar refractivity (Wildman–Crippen MR) is 88.1 cm³/mol. The van der Waals surface area contributed by atoms with Crippen molar-refractivity contribution in [1.29, 1.82) is 0 Å². The number of halogens is 3. The van der Waals surface area contributed by atoms with Crippen LogP contribution in [0, 0.1) is 5.82 Å². The summed E-state index contributed by atoms with van der Waals surface area (Å²) in [6.07, 6.45) is 5.05. The average Bonchev–Trinajstić information content (AvgIpc) is 2.43. The Morgan fingerprint density at radius 1 is 1.38 bits per heavy atom. The second-order valence-corrected chi connectivity index (χ2v) is 6.21. The van der Waals surface area contributed by atoms with Gasteiger partial charge in [-0.3, -0.25) is 4.98 Å². The van der Waals surface area contributed by atoms with E-state index in [0.29, 0.717) is 11.4 Å². The standard InChI is InChI=1S/C16H17BrClFN2/c1-2-4-21-16(14-3-5-20-10-15(14)18)8-11-6-12(17)9-13(19)7-11/h3,5-7,9-10,16,21H,2,4,8H2,1H3. The number of rotatable bonds is 6. The Morgan fingerprint density at radius 3 is 2.86 bits per heavy atom. The zero-order chi connectivity index (χ0) is 15.2. The molecule has 2 aromatic rings. The van der Waals surface area contributed by atoms with E-state index in [2.05, 4.69) is 33.2 Å². The first-order valence-electron chi connectivity index (χ1n) is 6.88. The lowest BCUT2D eigenvalue weighted by Crippen LogP contribution is -2.24. The molecule has 5 heteroatoms. The fraction of sp³-hybridized carbons (Fsp3) is 0.312. The molecule has 0 radical (unpaired) electrons. The Bertz CT molecular complexity index is 586. The maximum atomic E-state index is 13.5. The molecule has 0 amide bonds. The van der Waals surface area contributed by atoms with Gasteiger partial charge in [0.2, 0.25) is 0 Å². The average molecular weight is 372 g/mol. The first-order chi connectivity index (χ1) is 10.1. The van der Waals surface area contributed by atoms with Crippen LogP contribution >= 0.6 is 27.5 Å². The third-order valence-electron chi connectivity index (χ3n) is 3.18. The Labute approximate surface area is 137 Å². The van der Waals surface area contributed by atoms with Gasteiger partial charge in [-0.1, -0.05) is 34.5 Å². The summed E-state index contributed by atoms with van der Waals surface area (Å²) in [4.78, 5) is 4.02. The molecule has 21 heavy (non-hydrogen) atoms. The molecule has 2 rings (SSSR count). The molecule has 112 valence electrons. The molecular weight excluding hydrogens is 355 g/mol. The van der Waals surface area contributed by atoms with E-state index in [1.54, 1.807) is 18.5 Å². The normalized spacial score (nSPS) is 12.4. The molecule has 2 nitrogen and oxygen atoms in total. The second-order valence-electron chi connectivity index (χ2n) is 4.89. The van der Waals surface area contributed by atoms with Crippen LogP contribution in [0.4, 0.5) is 4.39 Å².